The maximum atomic E-state index is 12.3. The zero-order valence-corrected chi connectivity index (χ0v) is 16.1. The van der Waals surface area contributed by atoms with Crippen molar-refractivity contribution < 1.29 is 19.1 Å². The predicted octanol–water partition coefficient (Wildman–Crippen LogP) is 2.58. The summed E-state index contributed by atoms with van der Waals surface area (Å²) in [5.41, 5.74) is 1.43. The fraction of sp³-hybridized carbons (Fsp3) is 0.400. The highest BCUT2D eigenvalue weighted by Crippen LogP contribution is 2.20. The predicted molar refractivity (Wildman–Crippen MR) is 105 cm³/mol. The number of amides is 1. The van der Waals surface area contributed by atoms with Gasteiger partial charge in [-0.1, -0.05) is 12.1 Å². The van der Waals surface area contributed by atoms with E-state index in [2.05, 4.69) is 20.2 Å². The van der Waals surface area contributed by atoms with E-state index in [9.17, 15) is 9.59 Å². The second-order valence-electron chi connectivity index (χ2n) is 6.57. The highest BCUT2D eigenvalue weighted by atomic mass is 16.5. The zero-order chi connectivity index (χ0) is 19.9. The normalized spacial score (nSPS) is 13.7. The van der Waals surface area contributed by atoms with Crippen molar-refractivity contribution in [2.45, 2.75) is 26.2 Å². The van der Waals surface area contributed by atoms with Gasteiger partial charge in [0.25, 0.3) is 5.91 Å². The van der Waals surface area contributed by atoms with Gasteiger partial charge < -0.3 is 19.7 Å². The second kappa shape index (κ2) is 9.16. The first-order chi connectivity index (χ1) is 13.6. The topological polar surface area (TPSA) is 93.6 Å². The molecule has 0 saturated carbocycles. The molecule has 8 heteroatoms. The molecule has 2 heterocycles. The number of ether oxygens (including phenoxy) is 2. The van der Waals surface area contributed by atoms with Crippen molar-refractivity contribution in [1.29, 1.82) is 0 Å². The molecule has 1 aromatic heterocycles. The third-order valence-corrected chi connectivity index (χ3v) is 4.42. The molecule has 3 rings (SSSR count). The summed E-state index contributed by atoms with van der Waals surface area (Å²) in [6, 6.07) is 8.34. The van der Waals surface area contributed by atoms with E-state index in [0.29, 0.717) is 17.5 Å². The van der Waals surface area contributed by atoms with Crippen LogP contribution in [0.4, 0.5) is 11.6 Å². The molecule has 1 N–H and O–H groups in total. The molecular weight excluding hydrogens is 360 g/mol. The van der Waals surface area contributed by atoms with Crippen molar-refractivity contribution in [3.8, 4) is 5.88 Å². The van der Waals surface area contributed by atoms with Gasteiger partial charge in [-0.15, -0.1) is 0 Å². The van der Waals surface area contributed by atoms with Crippen LogP contribution in [0.5, 0.6) is 5.88 Å². The van der Waals surface area contributed by atoms with E-state index >= 15 is 0 Å². The van der Waals surface area contributed by atoms with E-state index in [1.807, 2.05) is 6.92 Å². The van der Waals surface area contributed by atoms with Crippen molar-refractivity contribution in [2.75, 3.05) is 37.0 Å². The number of rotatable bonds is 6. The van der Waals surface area contributed by atoms with Gasteiger partial charge in [-0.25, -0.2) is 9.78 Å². The number of carbonyl (C=O) groups is 2. The van der Waals surface area contributed by atoms with E-state index in [-0.39, 0.29) is 12.2 Å². The van der Waals surface area contributed by atoms with Crippen molar-refractivity contribution in [3.63, 3.8) is 0 Å². The number of piperidine rings is 1. The Morgan fingerprint density at radius 3 is 2.64 bits per heavy atom. The minimum Gasteiger partial charge on any atom is -0.467 e. The molecular formula is C20H24N4O4. The van der Waals surface area contributed by atoms with Crippen LogP contribution in [0.25, 0.3) is 0 Å². The highest BCUT2D eigenvalue weighted by molar-refractivity contribution is 6.01. The Kier molecular flexibility index (Phi) is 6.41. The number of hydrogen-bond acceptors (Lipinski definition) is 7. The van der Waals surface area contributed by atoms with Crippen molar-refractivity contribution in [1.82, 2.24) is 9.97 Å². The number of hydrogen-bond donors (Lipinski definition) is 1. The van der Waals surface area contributed by atoms with Gasteiger partial charge in [-0.2, -0.15) is 4.98 Å². The molecule has 0 atom stereocenters. The molecule has 0 spiro atoms. The monoisotopic (exact) mass is 384 g/mol. The van der Waals surface area contributed by atoms with E-state index in [4.69, 9.17) is 9.47 Å². The number of benzene rings is 1. The van der Waals surface area contributed by atoms with E-state index in [1.54, 1.807) is 30.3 Å². The molecule has 0 bridgehead atoms. The van der Waals surface area contributed by atoms with Gasteiger partial charge in [0.1, 0.15) is 0 Å². The first kappa shape index (κ1) is 19.6. The Hall–Kier alpha value is -3.16. The SMILES string of the molecule is COC(=O)c1ccccc1NC(=O)COc1cc(C)nc(N2CCCCC2)n1. The molecule has 1 fully saturated rings. The van der Waals surface area contributed by atoms with Crippen molar-refractivity contribution in [3.05, 3.63) is 41.6 Å². The third-order valence-electron chi connectivity index (χ3n) is 4.42. The van der Waals surface area contributed by atoms with Crippen LogP contribution in [0.15, 0.2) is 30.3 Å². The summed E-state index contributed by atoms with van der Waals surface area (Å²) >= 11 is 0. The Labute approximate surface area is 163 Å². The summed E-state index contributed by atoms with van der Waals surface area (Å²) in [5, 5.41) is 2.67. The molecule has 0 radical (unpaired) electrons. The van der Waals surface area contributed by atoms with Crippen LogP contribution in [0.2, 0.25) is 0 Å². The van der Waals surface area contributed by atoms with Crippen molar-refractivity contribution in [2.24, 2.45) is 0 Å². The Morgan fingerprint density at radius 2 is 1.89 bits per heavy atom. The number of nitrogens with one attached hydrogen (secondary N) is 1. The van der Waals surface area contributed by atoms with E-state index < -0.39 is 11.9 Å². The molecule has 1 aliphatic rings. The minimum atomic E-state index is -0.519. The molecule has 1 saturated heterocycles. The Bertz CT molecular complexity index is 850. The van der Waals surface area contributed by atoms with Crippen LogP contribution in [0.1, 0.15) is 35.3 Å². The number of esters is 1. The lowest BCUT2D eigenvalue weighted by atomic mass is 10.1. The van der Waals surface area contributed by atoms with Crippen LogP contribution >= 0.6 is 0 Å². The fourth-order valence-corrected chi connectivity index (χ4v) is 3.04. The van der Waals surface area contributed by atoms with Crippen LogP contribution in [-0.4, -0.2) is 48.7 Å². The van der Waals surface area contributed by atoms with Crippen molar-refractivity contribution >= 4 is 23.5 Å². The average Bonchev–Trinajstić information content (AvgIpc) is 2.72. The number of aromatic nitrogens is 2. The lowest BCUT2D eigenvalue weighted by Crippen LogP contribution is -2.31. The Balaban J connectivity index is 1.63. The molecule has 1 amide bonds. The number of methoxy groups -OCH3 is 1. The van der Waals surface area contributed by atoms with E-state index in [1.165, 1.54) is 13.5 Å². The van der Waals surface area contributed by atoms with Gasteiger partial charge in [-0.3, -0.25) is 4.79 Å². The molecule has 1 aliphatic heterocycles. The third kappa shape index (κ3) is 4.97. The summed E-state index contributed by atoms with van der Waals surface area (Å²) in [4.78, 5) is 35.1. The van der Waals surface area contributed by atoms with Gasteiger partial charge in [0.05, 0.1) is 18.4 Å². The Morgan fingerprint density at radius 1 is 1.14 bits per heavy atom. The number of carbonyl (C=O) groups excluding carboxylic acids is 2. The lowest BCUT2D eigenvalue weighted by molar-refractivity contribution is -0.118. The van der Waals surface area contributed by atoms with Crippen LogP contribution in [-0.2, 0) is 9.53 Å². The summed E-state index contributed by atoms with van der Waals surface area (Å²) in [6.07, 6.45) is 3.46. The van der Waals surface area contributed by atoms with Gasteiger partial charge in [0, 0.05) is 24.8 Å². The molecule has 8 nitrogen and oxygen atoms in total. The number of anilines is 2. The van der Waals surface area contributed by atoms with Gasteiger partial charge in [0.2, 0.25) is 11.8 Å². The fourth-order valence-electron chi connectivity index (χ4n) is 3.04. The summed E-state index contributed by atoms with van der Waals surface area (Å²) in [7, 11) is 1.29. The standard InChI is InChI=1S/C20H24N4O4/c1-14-12-18(23-20(21-14)24-10-6-3-7-11-24)28-13-17(25)22-16-9-5-4-8-15(16)19(26)27-2/h4-5,8-9,12H,3,6-7,10-11,13H2,1-2H3,(H,22,25). The van der Waals surface area contributed by atoms with Gasteiger partial charge in [0.15, 0.2) is 6.61 Å². The highest BCUT2D eigenvalue weighted by Gasteiger charge is 2.16. The number of para-hydroxylation sites is 1. The smallest absolute Gasteiger partial charge is 0.339 e. The molecule has 2 aromatic rings. The maximum Gasteiger partial charge on any atom is 0.339 e. The minimum absolute atomic E-state index is 0.231. The van der Waals surface area contributed by atoms with Gasteiger partial charge in [-0.05, 0) is 38.3 Å². The quantitative estimate of drug-likeness (QED) is 0.765. The molecule has 0 aliphatic carbocycles. The second-order valence-corrected chi connectivity index (χ2v) is 6.57. The van der Waals surface area contributed by atoms with Crippen LogP contribution < -0.4 is 15.0 Å². The number of nitrogens with zero attached hydrogens (tertiary/aromatic N) is 3. The first-order valence-corrected chi connectivity index (χ1v) is 9.27. The summed E-state index contributed by atoms with van der Waals surface area (Å²) in [6.45, 7) is 3.49. The lowest BCUT2D eigenvalue weighted by Gasteiger charge is -2.26. The summed E-state index contributed by atoms with van der Waals surface area (Å²) < 4.78 is 10.3. The molecule has 28 heavy (non-hydrogen) atoms. The largest absolute Gasteiger partial charge is 0.467 e. The molecule has 148 valence electrons. The zero-order valence-electron chi connectivity index (χ0n) is 16.1. The maximum absolute atomic E-state index is 12.3. The molecule has 0 unspecified atom stereocenters. The van der Waals surface area contributed by atoms with Crippen LogP contribution in [0, 0.1) is 6.92 Å². The first-order valence-electron chi connectivity index (χ1n) is 9.27. The van der Waals surface area contributed by atoms with E-state index in [0.717, 1.165) is 31.6 Å². The van der Waals surface area contributed by atoms with Gasteiger partial charge >= 0.3 is 5.97 Å². The number of aryl methyl sites for hydroxylation is 1. The summed E-state index contributed by atoms with van der Waals surface area (Å²) in [5.74, 6) is 0.0668. The molecule has 1 aromatic carbocycles. The average molecular weight is 384 g/mol. The van der Waals surface area contributed by atoms with Crippen LogP contribution in [0.3, 0.4) is 0 Å².